The van der Waals surface area contributed by atoms with Crippen LogP contribution in [-0.4, -0.2) is 13.0 Å². The summed E-state index contributed by atoms with van der Waals surface area (Å²) in [6.07, 6.45) is 0. The van der Waals surface area contributed by atoms with Gasteiger partial charge in [-0.25, -0.2) is 0 Å². The van der Waals surface area contributed by atoms with Crippen LogP contribution in [-0.2, 0) is 4.79 Å². The zero-order chi connectivity index (χ0) is 13.8. The van der Waals surface area contributed by atoms with Gasteiger partial charge in [-0.2, -0.15) is 0 Å². The summed E-state index contributed by atoms with van der Waals surface area (Å²) in [5.41, 5.74) is 3.99. The Morgan fingerprint density at radius 2 is 1.79 bits per heavy atom. The van der Waals surface area contributed by atoms with E-state index >= 15 is 0 Å². The number of hydrogen-bond donors (Lipinski definition) is 1. The van der Waals surface area contributed by atoms with Crippen molar-refractivity contribution in [2.75, 3.05) is 12.4 Å². The Labute approximate surface area is 113 Å². The van der Waals surface area contributed by atoms with E-state index < -0.39 is 0 Å². The summed E-state index contributed by atoms with van der Waals surface area (Å²) in [6.45, 7) is 3.34. The molecular formula is C16H17NO2. The van der Waals surface area contributed by atoms with Crippen molar-refractivity contribution < 1.29 is 9.53 Å². The fraction of sp³-hybridized carbons (Fsp3) is 0.188. The first-order chi connectivity index (χ1) is 9.11. The molecule has 0 aliphatic rings. The monoisotopic (exact) mass is 255 g/mol. The molecular weight excluding hydrogens is 238 g/mol. The van der Waals surface area contributed by atoms with Crippen LogP contribution in [0.4, 0.5) is 5.69 Å². The molecule has 3 heteroatoms. The molecule has 0 heterocycles. The van der Waals surface area contributed by atoms with Crippen LogP contribution in [0.2, 0.25) is 0 Å². The molecule has 0 saturated heterocycles. The summed E-state index contributed by atoms with van der Waals surface area (Å²) < 4.78 is 5.27. The summed E-state index contributed by atoms with van der Waals surface area (Å²) in [7, 11) is 1.86. The molecule has 0 unspecified atom stereocenters. The number of carbonyl (C=O) groups is 1. The number of carbonyl (C=O) groups excluding carboxylic acids is 1. The van der Waals surface area contributed by atoms with Crippen molar-refractivity contribution in [3.05, 3.63) is 48.0 Å². The summed E-state index contributed by atoms with van der Waals surface area (Å²) in [5, 5.41) is 3.13. The number of hydrogen-bond acceptors (Lipinski definition) is 3. The van der Waals surface area contributed by atoms with Gasteiger partial charge >= 0.3 is 5.97 Å². The van der Waals surface area contributed by atoms with E-state index in [1.165, 1.54) is 6.92 Å². The first-order valence-electron chi connectivity index (χ1n) is 6.18. The van der Waals surface area contributed by atoms with E-state index in [1.54, 1.807) is 0 Å². The summed E-state index contributed by atoms with van der Waals surface area (Å²) in [6, 6.07) is 14.0. The average Bonchev–Trinajstić information content (AvgIpc) is 2.41. The van der Waals surface area contributed by atoms with E-state index in [-0.39, 0.29) is 5.97 Å². The van der Waals surface area contributed by atoms with Crippen LogP contribution < -0.4 is 10.1 Å². The minimum atomic E-state index is -0.310. The smallest absolute Gasteiger partial charge is 0.308 e. The van der Waals surface area contributed by atoms with Crippen molar-refractivity contribution in [2.24, 2.45) is 0 Å². The van der Waals surface area contributed by atoms with Crippen molar-refractivity contribution >= 4 is 11.7 Å². The van der Waals surface area contributed by atoms with Gasteiger partial charge in [0.15, 0.2) is 0 Å². The lowest BCUT2D eigenvalue weighted by Gasteiger charge is -2.13. The Bertz CT molecular complexity index is 591. The molecule has 1 N–H and O–H groups in total. The van der Waals surface area contributed by atoms with Gasteiger partial charge in [0.2, 0.25) is 0 Å². The van der Waals surface area contributed by atoms with Gasteiger partial charge in [0, 0.05) is 25.2 Å². The third-order valence-corrected chi connectivity index (χ3v) is 2.99. The van der Waals surface area contributed by atoms with Crippen molar-refractivity contribution in [3.63, 3.8) is 0 Å². The molecule has 0 saturated carbocycles. The van der Waals surface area contributed by atoms with E-state index in [0.717, 1.165) is 22.4 Å². The highest BCUT2D eigenvalue weighted by Gasteiger charge is 2.10. The van der Waals surface area contributed by atoms with Crippen LogP contribution in [0.5, 0.6) is 5.75 Å². The van der Waals surface area contributed by atoms with Crippen LogP contribution >= 0.6 is 0 Å². The highest BCUT2D eigenvalue weighted by atomic mass is 16.5. The SMILES string of the molecule is CNc1cc(-c2ccccc2)cc(OC(C)=O)c1C. The van der Waals surface area contributed by atoms with Crippen LogP contribution in [0.15, 0.2) is 42.5 Å². The maximum atomic E-state index is 11.2. The predicted octanol–water partition coefficient (Wildman–Crippen LogP) is 3.63. The van der Waals surface area contributed by atoms with Crippen LogP contribution in [0.1, 0.15) is 12.5 Å². The van der Waals surface area contributed by atoms with Crippen molar-refractivity contribution in [1.82, 2.24) is 0 Å². The zero-order valence-electron chi connectivity index (χ0n) is 11.4. The number of nitrogens with one attached hydrogen (secondary N) is 1. The third-order valence-electron chi connectivity index (χ3n) is 2.99. The molecule has 0 bridgehead atoms. The second-order valence-corrected chi connectivity index (χ2v) is 4.36. The van der Waals surface area contributed by atoms with E-state index in [9.17, 15) is 4.79 Å². The Hall–Kier alpha value is -2.29. The largest absolute Gasteiger partial charge is 0.426 e. The Morgan fingerprint density at radius 1 is 1.11 bits per heavy atom. The lowest BCUT2D eigenvalue weighted by atomic mass is 10.0. The van der Waals surface area contributed by atoms with Crippen molar-refractivity contribution in [3.8, 4) is 16.9 Å². The number of ether oxygens (including phenoxy) is 1. The molecule has 0 aromatic heterocycles. The van der Waals surface area contributed by atoms with Gasteiger partial charge in [-0.15, -0.1) is 0 Å². The highest BCUT2D eigenvalue weighted by Crippen LogP contribution is 2.33. The molecule has 2 aromatic carbocycles. The van der Waals surface area contributed by atoms with E-state index in [1.807, 2.05) is 50.4 Å². The number of anilines is 1. The molecule has 0 spiro atoms. The minimum absolute atomic E-state index is 0.310. The molecule has 19 heavy (non-hydrogen) atoms. The van der Waals surface area contributed by atoms with Crippen molar-refractivity contribution in [2.45, 2.75) is 13.8 Å². The highest BCUT2D eigenvalue weighted by molar-refractivity contribution is 5.76. The first-order valence-corrected chi connectivity index (χ1v) is 6.18. The lowest BCUT2D eigenvalue weighted by Crippen LogP contribution is -2.04. The number of benzene rings is 2. The first kappa shape index (κ1) is 13.1. The maximum absolute atomic E-state index is 11.2. The minimum Gasteiger partial charge on any atom is -0.426 e. The van der Waals surface area contributed by atoms with Gasteiger partial charge in [-0.1, -0.05) is 30.3 Å². The fourth-order valence-corrected chi connectivity index (χ4v) is 2.01. The fourth-order valence-electron chi connectivity index (χ4n) is 2.01. The quantitative estimate of drug-likeness (QED) is 0.672. The van der Waals surface area contributed by atoms with E-state index in [0.29, 0.717) is 5.75 Å². The van der Waals surface area contributed by atoms with Gasteiger partial charge in [0.1, 0.15) is 5.75 Å². The zero-order valence-corrected chi connectivity index (χ0v) is 11.4. The standard InChI is InChI=1S/C16H17NO2/c1-11-15(17-3)9-14(10-16(11)19-12(2)18)13-7-5-4-6-8-13/h4-10,17H,1-3H3. The van der Waals surface area contributed by atoms with Gasteiger partial charge in [0.05, 0.1) is 0 Å². The maximum Gasteiger partial charge on any atom is 0.308 e. The van der Waals surface area contributed by atoms with Gasteiger partial charge in [-0.3, -0.25) is 4.79 Å². The Balaban J connectivity index is 2.54. The lowest BCUT2D eigenvalue weighted by molar-refractivity contribution is -0.131. The van der Waals surface area contributed by atoms with Crippen molar-refractivity contribution in [1.29, 1.82) is 0 Å². The van der Waals surface area contributed by atoms with Gasteiger partial charge in [0.25, 0.3) is 0 Å². The topological polar surface area (TPSA) is 38.3 Å². The van der Waals surface area contributed by atoms with Crippen LogP contribution in [0.25, 0.3) is 11.1 Å². The molecule has 0 aliphatic heterocycles. The average molecular weight is 255 g/mol. The summed E-state index contributed by atoms with van der Waals surface area (Å²) in [5.74, 6) is 0.286. The normalized spacial score (nSPS) is 10.1. The van der Waals surface area contributed by atoms with Gasteiger partial charge in [-0.05, 0) is 30.2 Å². The second kappa shape index (κ2) is 5.57. The third kappa shape index (κ3) is 2.94. The molecule has 0 aliphatic carbocycles. The Morgan fingerprint density at radius 3 is 2.37 bits per heavy atom. The van der Waals surface area contributed by atoms with Gasteiger partial charge < -0.3 is 10.1 Å². The molecule has 98 valence electrons. The molecule has 0 radical (unpaired) electrons. The molecule has 0 fully saturated rings. The number of rotatable bonds is 3. The molecule has 0 atom stereocenters. The summed E-state index contributed by atoms with van der Waals surface area (Å²) >= 11 is 0. The second-order valence-electron chi connectivity index (χ2n) is 4.36. The van der Waals surface area contributed by atoms with Crippen LogP contribution in [0, 0.1) is 6.92 Å². The molecule has 2 aromatic rings. The molecule has 0 amide bonds. The molecule has 2 rings (SSSR count). The van der Waals surface area contributed by atoms with E-state index in [2.05, 4.69) is 11.4 Å². The Kier molecular flexibility index (Phi) is 3.85. The predicted molar refractivity (Wildman–Crippen MR) is 77.5 cm³/mol. The molecule has 3 nitrogen and oxygen atoms in total. The summed E-state index contributed by atoms with van der Waals surface area (Å²) in [4.78, 5) is 11.2. The number of esters is 1. The van der Waals surface area contributed by atoms with E-state index in [4.69, 9.17) is 4.74 Å². The van der Waals surface area contributed by atoms with Crippen LogP contribution in [0.3, 0.4) is 0 Å².